The van der Waals surface area contributed by atoms with Crippen LogP contribution >= 0.6 is 11.6 Å². The van der Waals surface area contributed by atoms with Crippen LogP contribution < -0.4 is 5.32 Å². The van der Waals surface area contributed by atoms with Crippen LogP contribution in [0.15, 0.2) is 55.0 Å². The summed E-state index contributed by atoms with van der Waals surface area (Å²) in [6.45, 7) is 0. The van der Waals surface area contributed by atoms with E-state index in [-0.39, 0.29) is 5.82 Å². The van der Waals surface area contributed by atoms with E-state index in [9.17, 15) is 4.39 Å². The first kappa shape index (κ1) is 13.5. The summed E-state index contributed by atoms with van der Waals surface area (Å²) in [6, 6.07) is 11.6. The van der Waals surface area contributed by atoms with E-state index >= 15 is 0 Å². The summed E-state index contributed by atoms with van der Waals surface area (Å²) in [5, 5.41) is 3.42. The number of hydrogen-bond acceptors (Lipinski definition) is 4. The second-order valence-electron chi connectivity index (χ2n) is 4.26. The first-order chi connectivity index (χ1) is 10.2. The quantitative estimate of drug-likeness (QED) is 0.741. The Labute approximate surface area is 125 Å². The van der Waals surface area contributed by atoms with Crippen LogP contribution in [0.1, 0.15) is 0 Å². The van der Waals surface area contributed by atoms with Gasteiger partial charge in [-0.1, -0.05) is 23.7 Å². The van der Waals surface area contributed by atoms with Gasteiger partial charge in [0.15, 0.2) is 0 Å². The van der Waals surface area contributed by atoms with Crippen molar-refractivity contribution in [3.8, 4) is 11.3 Å². The Morgan fingerprint density at radius 2 is 1.86 bits per heavy atom. The minimum atomic E-state index is -0.313. The van der Waals surface area contributed by atoms with E-state index in [0.29, 0.717) is 22.2 Å². The Morgan fingerprint density at radius 1 is 1.00 bits per heavy atom. The van der Waals surface area contributed by atoms with Crippen molar-refractivity contribution in [3.63, 3.8) is 0 Å². The standard InChI is InChI=1S/C15H10ClFN4/c16-14-8-15(20-9-19-14)21-10-5-6-18-13(7-10)11-3-1-2-4-12(11)17/h1-9H,(H,18,19,20,21). The SMILES string of the molecule is Fc1ccccc1-c1cc(Nc2cc(Cl)ncn2)ccn1. The normalized spacial score (nSPS) is 10.4. The molecular formula is C15H10ClFN4. The van der Waals surface area contributed by atoms with Crippen molar-refractivity contribution in [3.05, 3.63) is 66.0 Å². The van der Waals surface area contributed by atoms with Gasteiger partial charge in [0.2, 0.25) is 0 Å². The molecule has 3 aromatic rings. The number of nitrogens with zero attached hydrogens (tertiary/aromatic N) is 3. The second kappa shape index (κ2) is 5.85. The van der Waals surface area contributed by atoms with Gasteiger partial charge in [-0.15, -0.1) is 0 Å². The van der Waals surface area contributed by atoms with Crippen LogP contribution in [0.25, 0.3) is 11.3 Å². The fourth-order valence-electron chi connectivity index (χ4n) is 1.87. The molecule has 0 atom stereocenters. The molecule has 0 spiro atoms. The number of anilines is 2. The summed E-state index contributed by atoms with van der Waals surface area (Å²) in [4.78, 5) is 12.1. The van der Waals surface area contributed by atoms with Crippen LogP contribution in [0.2, 0.25) is 5.15 Å². The van der Waals surface area contributed by atoms with Crippen LogP contribution in [0.5, 0.6) is 0 Å². The Bertz CT molecular complexity index is 779. The monoisotopic (exact) mass is 300 g/mol. The van der Waals surface area contributed by atoms with Crippen molar-refractivity contribution >= 4 is 23.1 Å². The second-order valence-corrected chi connectivity index (χ2v) is 4.65. The summed E-state index contributed by atoms with van der Waals surface area (Å²) in [5.74, 6) is 0.243. The van der Waals surface area contributed by atoms with Gasteiger partial charge in [-0.3, -0.25) is 4.98 Å². The molecule has 1 aromatic carbocycles. The predicted octanol–water partition coefficient (Wildman–Crippen LogP) is 4.07. The van der Waals surface area contributed by atoms with Crippen molar-refractivity contribution < 1.29 is 4.39 Å². The Balaban J connectivity index is 1.92. The highest BCUT2D eigenvalue weighted by atomic mass is 35.5. The Hall–Kier alpha value is -2.53. The van der Waals surface area contributed by atoms with Gasteiger partial charge >= 0.3 is 0 Å². The molecule has 0 radical (unpaired) electrons. The highest BCUT2D eigenvalue weighted by Crippen LogP contribution is 2.24. The molecule has 3 rings (SSSR count). The van der Waals surface area contributed by atoms with Gasteiger partial charge < -0.3 is 5.32 Å². The van der Waals surface area contributed by atoms with Crippen molar-refractivity contribution in [1.82, 2.24) is 15.0 Å². The predicted molar refractivity (Wildman–Crippen MR) is 80.0 cm³/mol. The van der Waals surface area contributed by atoms with Gasteiger partial charge in [0.1, 0.15) is 23.1 Å². The number of aromatic nitrogens is 3. The molecule has 0 unspecified atom stereocenters. The highest BCUT2D eigenvalue weighted by molar-refractivity contribution is 6.29. The van der Waals surface area contributed by atoms with Crippen molar-refractivity contribution in [2.75, 3.05) is 5.32 Å². The van der Waals surface area contributed by atoms with E-state index in [0.717, 1.165) is 5.69 Å². The van der Waals surface area contributed by atoms with Crippen LogP contribution in [0, 0.1) is 5.82 Å². The van der Waals surface area contributed by atoms with Crippen molar-refractivity contribution in [1.29, 1.82) is 0 Å². The average Bonchev–Trinajstić information content (AvgIpc) is 2.48. The molecular weight excluding hydrogens is 291 g/mol. The molecule has 2 heterocycles. The van der Waals surface area contributed by atoms with Crippen LogP contribution in [-0.2, 0) is 0 Å². The van der Waals surface area contributed by atoms with Gasteiger partial charge in [-0.25, -0.2) is 14.4 Å². The zero-order valence-corrected chi connectivity index (χ0v) is 11.5. The zero-order chi connectivity index (χ0) is 14.7. The largest absolute Gasteiger partial charge is 0.340 e. The van der Waals surface area contributed by atoms with E-state index in [4.69, 9.17) is 11.6 Å². The number of rotatable bonds is 3. The van der Waals surface area contributed by atoms with E-state index in [1.165, 1.54) is 12.4 Å². The number of nitrogens with one attached hydrogen (secondary N) is 1. The molecule has 2 aromatic heterocycles. The molecule has 0 aliphatic heterocycles. The fourth-order valence-corrected chi connectivity index (χ4v) is 2.02. The maximum Gasteiger partial charge on any atom is 0.135 e. The fraction of sp³-hybridized carbons (Fsp3) is 0. The van der Waals surface area contributed by atoms with E-state index in [1.54, 1.807) is 42.6 Å². The summed E-state index contributed by atoms with van der Waals surface area (Å²) in [7, 11) is 0. The van der Waals surface area contributed by atoms with Crippen molar-refractivity contribution in [2.45, 2.75) is 0 Å². The van der Waals surface area contributed by atoms with Gasteiger partial charge in [0.05, 0.1) is 5.69 Å². The molecule has 6 heteroatoms. The molecule has 1 N–H and O–H groups in total. The molecule has 0 aliphatic carbocycles. The lowest BCUT2D eigenvalue weighted by Crippen LogP contribution is -1.95. The molecule has 0 bridgehead atoms. The van der Waals surface area contributed by atoms with E-state index in [2.05, 4.69) is 20.3 Å². The summed E-state index contributed by atoms with van der Waals surface area (Å²) >= 11 is 5.81. The highest BCUT2D eigenvalue weighted by Gasteiger charge is 2.06. The number of hydrogen-bond donors (Lipinski definition) is 1. The van der Waals surface area contributed by atoms with Crippen LogP contribution in [0.4, 0.5) is 15.9 Å². The lowest BCUT2D eigenvalue weighted by atomic mass is 10.1. The lowest BCUT2D eigenvalue weighted by molar-refractivity contribution is 0.631. The molecule has 0 aliphatic rings. The molecule has 104 valence electrons. The topological polar surface area (TPSA) is 50.7 Å². The molecule has 0 fully saturated rings. The van der Waals surface area contributed by atoms with Gasteiger partial charge in [-0.05, 0) is 24.3 Å². The molecule has 0 saturated heterocycles. The van der Waals surface area contributed by atoms with Gasteiger partial charge in [0, 0.05) is 23.5 Å². The van der Waals surface area contributed by atoms with E-state index < -0.39 is 0 Å². The first-order valence-corrected chi connectivity index (χ1v) is 6.56. The minimum Gasteiger partial charge on any atom is -0.340 e. The summed E-state index contributed by atoms with van der Waals surface area (Å²) in [5.41, 5.74) is 1.72. The lowest BCUT2D eigenvalue weighted by Gasteiger charge is -2.08. The van der Waals surface area contributed by atoms with E-state index in [1.807, 2.05) is 0 Å². The Kier molecular flexibility index (Phi) is 3.75. The van der Waals surface area contributed by atoms with Crippen LogP contribution in [-0.4, -0.2) is 15.0 Å². The number of benzene rings is 1. The summed E-state index contributed by atoms with van der Waals surface area (Å²) in [6.07, 6.45) is 2.97. The molecule has 4 nitrogen and oxygen atoms in total. The van der Waals surface area contributed by atoms with Crippen LogP contribution in [0.3, 0.4) is 0 Å². The number of halogens is 2. The minimum absolute atomic E-state index is 0.313. The Morgan fingerprint density at radius 3 is 2.67 bits per heavy atom. The molecule has 21 heavy (non-hydrogen) atoms. The molecule has 0 saturated carbocycles. The number of pyridine rings is 1. The van der Waals surface area contributed by atoms with Crippen molar-refractivity contribution in [2.24, 2.45) is 0 Å². The smallest absolute Gasteiger partial charge is 0.135 e. The third kappa shape index (κ3) is 3.14. The van der Waals surface area contributed by atoms with Gasteiger partial charge in [-0.2, -0.15) is 0 Å². The summed E-state index contributed by atoms with van der Waals surface area (Å²) < 4.78 is 13.8. The zero-order valence-electron chi connectivity index (χ0n) is 10.8. The maximum atomic E-state index is 13.8. The third-order valence-electron chi connectivity index (χ3n) is 2.82. The first-order valence-electron chi connectivity index (χ1n) is 6.18. The molecule has 0 amide bonds. The average molecular weight is 301 g/mol. The van der Waals surface area contributed by atoms with Gasteiger partial charge in [0.25, 0.3) is 0 Å². The maximum absolute atomic E-state index is 13.8. The third-order valence-corrected chi connectivity index (χ3v) is 3.02.